The zero-order valence-corrected chi connectivity index (χ0v) is 10.7. The Labute approximate surface area is 112 Å². The molecule has 0 spiro atoms. The molecule has 1 unspecified atom stereocenters. The van der Waals surface area contributed by atoms with E-state index in [1.807, 2.05) is 0 Å². The van der Waals surface area contributed by atoms with Crippen LogP contribution in [0.1, 0.15) is 12.0 Å². The standard InChI is InChI=1S/C11H11ClF3N3O/c1-18-3-2-7(10(18)19)16-9-5-6(11(13,14)15)4-8(12)17-9/h4-5,7H,2-3H2,1H3,(H,16,17). The molecule has 1 saturated heterocycles. The number of rotatable bonds is 2. The van der Waals surface area contributed by atoms with Crippen LogP contribution in [0.4, 0.5) is 19.0 Å². The highest BCUT2D eigenvalue weighted by atomic mass is 35.5. The molecule has 4 nitrogen and oxygen atoms in total. The van der Waals surface area contributed by atoms with E-state index in [1.165, 1.54) is 4.90 Å². The van der Waals surface area contributed by atoms with E-state index in [-0.39, 0.29) is 16.9 Å². The predicted octanol–water partition coefficient (Wildman–Crippen LogP) is 2.40. The lowest BCUT2D eigenvalue weighted by molar-refractivity contribution is -0.137. The normalized spacial score (nSPS) is 19.9. The van der Waals surface area contributed by atoms with Gasteiger partial charge in [0, 0.05) is 13.6 Å². The molecule has 1 amide bonds. The summed E-state index contributed by atoms with van der Waals surface area (Å²) < 4.78 is 37.8. The molecule has 1 N–H and O–H groups in total. The molecule has 0 aliphatic carbocycles. The number of likely N-dealkylation sites (tertiary alicyclic amines) is 1. The lowest BCUT2D eigenvalue weighted by atomic mass is 10.2. The molecular weight excluding hydrogens is 283 g/mol. The summed E-state index contributed by atoms with van der Waals surface area (Å²) in [6.45, 7) is 0.559. The van der Waals surface area contributed by atoms with E-state index >= 15 is 0 Å². The third-order valence-electron chi connectivity index (χ3n) is 2.87. The third kappa shape index (κ3) is 3.09. The Hall–Kier alpha value is -1.50. The van der Waals surface area contributed by atoms with Gasteiger partial charge in [-0.05, 0) is 18.6 Å². The monoisotopic (exact) mass is 293 g/mol. The molecule has 104 valence electrons. The van der Waals surface area contributed by atoms with Crippen molar-refractivity contribution in [3.8, 4) is 0 Å². The van der Waals surface area contributed by atoms with Crippen LogP contribution >= 0.6 is 11.6 Å². The first-order valence-corrected chi connectivity index (χ1v) is 5.91. The number of halogens is 4. The Bertz CT molecular complexity index is 506. The van der Waals surface area contributed by atoms with E-state index < -0.39 is 17.8 Å². The van der Waals surface area contributed by atoms with Gasteiger partial charge in [0.25, 0.3) is 0 Å². The minimum absolute atomic E-state index is 0.0477. The van der Waals surface area contributed by atoms with Gasteiger partial charge >= 0.3 is 6.18 Å². The smallest absolute Gasteiger partial charge is 0.358 e. The zero-order chi connectivity index (χ0) is 14.2. The summed E-state index contributed by atoms with van der Waals surface area (Å²) in [5.41, 5.74) is -0.895. The van der Waals surface area contributed by atoms with Crippen molar-refractivity contribution in [3.63, 3.8) is 0 Å². The summed E-state index contributed by atoms with van der Waals surface area (Å²) in [5.74, 6) is -0.219. The average Bonchev–Trinajstić information content (AvgIpc) is 2.59. The van der Waals surface area contributed by atoms with Crippen molar-refractivity contribution in [1.29, 1.82) is 0 Å². The maximum atomic E-state index is 12.6. The molecule has 1 aliphatic heterocycles. The van der Waals surface area contributed by atoms with E-state index in [0.717, 1.165) is 12.1 Å². The van der Waals surface area contributed by atoms with Crippen molar-refractivity contribution in [2.75, 3.05) is 18.9 Å². The van der Waals surface area contributed by atoms with Crippen LogP contribution in [0.25, 0.3) is 0 Å². The highest BCUT2D eigenvalue weighted by Crippen LogP contribution is 2.32. The molecule has 1 aliphatic rings. The number of pyridine rings is 1. The van der Waals surface area contributed by atoms with Crippen LogP contribution in [0.5, 0.6) is 0 Å². The maximum Gasteiger partial charge on any atom is 0.416 e. The number of anilines is 1. The fourth-order valence-corrected chi connectivity index (χ4v) is 2.08. The van der Waals surface area contributed by atoms with E-state index in [2.05, 4.69) is 10.3 Å². The fourth-order valence-electron chi connectivity index (χ4n) is 1.87. The predicted molar refractivity (Wildman–Crippen MR) is 63.9 cm³/mol. The van der Waals surface area contributed by atoms with Gasteiger partial charge in [-0.2, -0.15) is 13.2 Å². The van der Waals surface area contributed by atoms with Crippen LogP contribution in [-0.4, -0.2) is 35.4 Å². The van der Waals surface area contributed by atoms with Gasteiger partial charge in [0.15, 0.2) is 0 Å². The quantitative estimate of drug-likeness (QED) is 0.852. The number of amides is 1. The lowest BCUT2D eigenvalue weighted by Crippen LogP contribution is -2.31. The van der Waals surface area contributed by atoms with Crippen LogP contribution < -0.4 is 5.32 Å². The minimum atomic E-state index is -4.50. The number of likely N-dealkylation sites (N-methyl/N-ethyl adjacent to an activating group) is 1. The molecule has 1 atom stereocenters. The molecule has 0 saturated carbocycles. The summed E-state index contributed by atoms with van der Waals surface area (Å²) in [4.78, 5) is 16.9. The molecule has 0 radical (unpaired) electrons. The van der Waals surface area contributed by atoms with E-state index in [1.54, 1.807) is 7.05 Å². The molecule has 0 bridgehead atoms. The van der Waals surface area contributed by atoms with Crippen LogP contribution in [0.2, 0.25) is 5.15 Å². The lowest BCUT2D eigenvalue weighted by Gasteiger charge is -2.14. The molecule has 2 rings (SSSR count). The number of alkyl halides is 3. The second-order valence-electron chi connectivity index (χ2n) is 4.31. The fraction of sp³-hybridized carbons (Fsp3) is 0.455. The van der Waals surface area contributed by atoms with E-state index in [0.29, 0.717) is 13.0 Å². The Balaban J connectivity index is 2.22. The van der Waals surface area contributed by atoms with Crippen LogP contribution in [0.3, 0.4) is 0 Å². The average molecular weight is 294 g/mol. The number of hydrogen-bond donors (Lipinski definition) is 1. The first-order chi connectivity index (χ1) is 8.77. The largest absolute Gasteiger partial charge is 0.416 e. The summed E-state index contributed by atoms with van der Waals surface area (Å²) >= 11 is 5.56. The van der Waals surface area contributed by atoms with E-state index in [9.17, 15) is 18.0 Å². The molecule has 0 aromatic carbocycles. The number of nitrogens with zero attached hydrogens (tertiary/aromatic N) is 2. The number of aromatic nitrogens is 1. The topological polar surface area (TPSA) is 45.2 Å². The molecule has 8 heteroatoms. The summed E-state index contributed by atoms with van der Waals surface area (Å²) in [7, 11) is 1.64. The molecule has 1 aromatic heterocycles. The van der Waals surface area contributed by atoms with Crippen molar-refractivity contribution >= 4 is 23.3 Å². The number of hydrogen-bond acceptors (Lipinski definition) is 3. The second-order valence-corrected chi connectivity index (χ2v) is 4.69. The van der Waals surface area contributed by atoms with Crippen LogP contribution in [0.15, 0.2) is 12.1 Å². The number of carbonyl (C=O) groups excluding carboxylic acids is 1. The Kier molecular flexibility index (Phi) is 3.58. The minimum Gasteiger partial charge on any atom is -0.358 e. The van der Waals surface area contributed by atoms with E-state index in [4.69, 9.17) is 11.6 Å². The van der Waals surface area contributed by atoms with Crippen molar-refractivity contribution in [2.45, 2.75) is 18.6 Å². The number of nitrogens with one attached hydrogen (secondary N) is 1. The third-order valence-corrected chi connectivity index (χ3v) is 3.06. The van der Waals surface area contributed by atoms with Crippen molar-refractivity contribution in [3.05, 3.63) is 22.8 Å². The molecule has 19 heavy (non-hydrogen) atoms. The molecular formula is C11H11ClF3N3O. The zero-order valence-electron chi connectivity index (χ0n) is 9.96. The van der Waals surface area contributed by atoms with Crippen molar-refractivity contribution < 1.29 is 18.0 Å². The maximum absolute atomic E-state index is 12.6. The molecule has 1 aromatic rings. The number of carbonyl (C=O) groups is 1. The van der Waals surface area contributed by atoms with Crippen LogP contribution in [-0.2, 0) is 11.0 Å². The van der Waals surface area contributed by atoms with Gasteiger partial charge < -0.3 is 10.2 Å². The van der Waals surface area contributed by atoms with Gasteiger partial charge in [-0.15, -0.1) is 0 Å². The van der Waals surface area contributed by atoms with Gasteiger partial charge in [0.2, 0.25) is 5.91 Å². The molecule has 2 heterocycles. The first kappa shape index (κ1) is 13.9. The highest BCUT2D eigenvalue weighted by Gasteiger charge is 2.33. The first-order valence-electron chi connectivity index (χ1n) is 5.53. The Morgan fingerprint density at radius 1 is 1.47 bits per heavy atom. The van der Waals surface area contributed by atoms with Gasteiger partial charge in [0.1, 0.15) is 17.0 Å². The highest BCUT2D eigenvalue weighted by molar-refractivity contribution is 6.29. The second kappa shape index (κ2) is 4.88. The van der Waals surface area contributed by atoms with Crippen LogP contribution in [0, 0.1) is 0 Å². The van der Waals surface area contributed by atoms with Gasteiger partial charge in [-0.25, -0.2) is 4.98 Å². The summed E-state index contributed by atoms with van der Waals surface area (Å²) in [6.07, 6.45) is -3.98. The Morgan fingerprint density at radius 2 is 2.16 bits per heavy atom. The van der Waals surface area contributed by atoms with Gasteiger partial charge in [-0.1, -0.05) is 11.6 Å². The van der Waals surface area contributed by atoms with Gasteiger partial charge in [0.05, 0.1) is 5.56 Å². The van der Waals surface area contributed by atoms with Gasteiger partial charge in [-0.3, -0.25) is 4.79 Å². The van der Waals surface area contributed by atoms with Crippen molar-refractivity contribution in [1.82, 2.24) is 9.88 Å². The summed E-state index contributed by atoms with van der Waals surface area (Å²) in [5, 5.41) is 2.42. The Morgan fingerprint density at radius 3 is 2.68 bits per heavy atom. The van der Waals surface area contributed by atoms with Crippen molar-refractivity contribution in [2.24, 2.45) is 0 Å². The molecule has 1 fully saturated rings. The SMILES string of the molecule is CN1CCC(Nc2cc(C(F)(F)F)cc(Cl)n2)C1=O. The summed E-state index contributed by atoms with van der Waals surface area (Å²) in [6, 6.07) is 1.03.